The van der Waals surface area contributed by atoms with E-state index in [0.29, 0.717) is 0 Å². The molecule has 0 aliphatic carbocycles. The number of hydrogen-bond acceptors (Lipinski definition) is 3. The first-order valence-electron chi connectivity index (χ1n) is 12.2. The second kappa shape index (κ2) is 9.54. The van der Waals surface area contributed by atoms with Crippen molar-refractivity contribution in [2.24, 2.45) is 0 Å². The Bertz CT molecular complexity index is 1460. The number of hydrogen-bond donors (Lipinski definition) is 0. The van der Waals surface area contributed by atoms with Gasteiger partial charge in [-0.3, -0.25) is 0 Å². The molecule has 3 unspecified atom stereocenters. The van der Waals surface area contributed by atoms with E-state index in [-0.39, 0.29) is 11.1 Å². The topological polar surface area (TPSA) is 0 Å². The lowest BCUT2D eigenvalue weighted by molar-refractivity contribution is 0.677. The molecule has 0 nitrogen and oxygen atoms in total. The van der Waals surface area contributed by atoms with E-state index in [9.17, 15) is 0 Å². The second-order valence-electron chi connectivity index (χ2n) is 9.53. The first kappa shape index (κ1) is 24.1. The van der Waals surface area contributed by atoms with Gasteiger partial charge in [-0.25, -0.2) is 0 Å². The van der Waals surface area contributed by atoms with Crippen LogP contribution in [-0.2, 0) is 17.0 Å². The van der Waals surface area contributed by atoms with Crippen LogP contribution in [0.1, 0.15) is 39.3 Å². The molecular weight excluding hydrogens is 512 g/mol. The van der Waals surface area contributed by atoms with Gasteiger partial charge in [0.25, 0.3) is 0 Å². The molecule has 0 fully saturated rings. The average molecular weight is 539 g/mol. The van der Waals surface area contributed by atoms with Gasteiger partial charge in [-0.15, -0.1) is 0 Å². The van der Waals surface area contributed by atoms with Crippen molar-refractivity contribution in [2.75, 3.05) is 0 Å². The molecule has 0 saturated heterocycles. The minimum absolute atomic E-state index is 0.153. The zero-order valence-electron chi connectivity index (χ0n) is 20.3. The number of benzene rings is 4. The van der Waals surface area contributed by atoms with Crippen molar-refractivity contribution >= 4 is 48.8 Å². The molecule has 2 aliphatic heterocycles. The molecule has 3 atom stereocenters. The predicted molar refractivity (Wildman–Crippen MR) is 165 cm³/mol. The monoisotopic (exact) mass is 538 g/mol. The van der Waals surface area contributed by atoms with Crippen LogP contribution < -0.4 is 0 Å². The zero-order chi connectivity index (χ0) is 24.8. The van der Waals surface area contributed by atoms with E-state index in [1.54, 1.807) is 0 Å². The van der Waals surface area contributed by atoms with Crippen LogP contribution in [0.4, 0.5) is 0 Å². The lowest BCUT2D eigenvalue weighted by Crippen LogP contribution is -2.29. The van der Waals surface area contributed by atoms with E-state index in [0.717, 1.165) is 0 Å². The molecule has 0 amide bonds. The Morgan fingerprint density at radius 3 is 1.72 bits per heavy atom. The molecule has 36 heavy (non-hydrogen) atoms. The Hall–Kier alpha value is -2.29. The van der Waals surface area contributed by atoms with Gasteiger partial charge in [-0.1, -0.05) is 167 Å². The maximum absolute atomic E-state index is 6.86. The molecule has 0 aromatic heterocycles. The third-order valence-corrected chi connectivity index (χ3v) is 18.3. The summed E-state index contributed by atoms with van der Waals surface area (Å²) in [6, 6.07) is 39.8. The summed E-state index contributed by atoms with van der Waals surface area (Å²) in [6.45, 7) is 4.29. The molecule has 0 spiro atoms. The van der Waals surface area contributed by atoms with Gasteiger partial charge in [-0.05, 0) is 36.1 Å². The smallest absolute Gasteiger partial charge is 0.0760 e. The van der Waals surface area contributed by atoms with Gasteiger partial charge in [0.2, 0.25) is 0 Å². The van der Waals surface area contributed by atoms with Gasteiger partial charge in [0.15, 0.2) is 0 Å². The quantitative estimate of drug-likeness (QED) is 0.237. The highest BCUT2D eigenvalue weighted by atomic mass is 33.2. The Kier molecular flexibility index (Phi) is 6.38. The largest absolute Gasteiger partial charge is 0.0811 e. The molecular formula is C32H27PS3. The molecule has 4 heteroatoms. The van der Waals surface area contributed by atoms with Crippen LogP contribution in [0.2, 0.25) is 0 Å². The van der Waals surface area contributed by atoms with Crippen molar-refractivity contribution in [3.05, 3.63) is 155 Å². The maximum Gasteiger partial charge on any atom is 0.0811 e. The van der Waals surface area contributed by atoms with Crippen LogP contribution in [0.3, 0.4) is 0 Å². The lowest BCUT2D eigenvalue weighted by Gasteiger charge is -2.46. The molecule has 6 rings (SSSR count). The molecule has 0 radical (unpaired) electrons. The van der Waals surface area contributed by atoms with Gasteiger partial charge in [-0.2, -0.15) is 0 Å². The van der Waals surface area contributed by atoms with Gasteiger partial charge in [0.1, 0.15) is 0 Å². The second-order valence-corrected chi connectivity index (χ2v) is 20.6. The number of aryl methyl sites for hydroxylation is 2. The van der Waals surface area contributed by atoms with Gasteiger partial charge in [0, 0.05) is 15.7 Å². The highest BCUT2D eigenvalue weighted by Crippen LogP contribution is 2.92. The van der Waals surface area contributed by atoms with Gasteiger partial charge < -0.3 is 0 Å². The summed E-state index contributed by atoms with van der Waals surface area (Å²) >= 11 is 10.8. The maximum atomic E-state index is 6.86. The third kappa shape index (κ3) is 4.07. The molecule has 0 saturated carbocycles. The summed E-state index contributed by atoms with van der Waals surface area (Å²) in [7, 11) is 0. The summed E-state index contributed by atoms with van der Waals surface area (Å²) < 4.78 is -2.11. The van der Waals surface area contributed by atoms with Crippen molar-refractivity contribution in [3.63, 3.8) is 0 Å². The summed E-state index contributed by atoms with van der Waals surface area (Å²) in [4.78, 5) is 2.62. The first-order chi connectivity index (χ1) is 17.5. The van der Waals surface area contributed by atoms with E-state index in [1.165, 1.54) is 43.2 Å². The van der Waals surface area contributed by atoms with Gasteiger partial charge >= 0.3 is 0 Å². The molecule has 0 bridgehead atoms. The van der Waals surface area contributed by atoms with Gasteiger partial charge in [0.05, 0.1) is 9.60 Å². The van der Waals surface area contributed by atoms with Crippen LogP contribution in [0.15, 0.2) is 121 Å². The summed E-state index contributed by atoms with van der Waals surface area (Å²) in [5.74, 6) is 0.153. The molecule has 4 aromatic rings. The summed E-state index contributed by atoms with van der Waals surface area (Å²) in [5, 5.41) is -0.269. The number of rotatable bonds is 4. The minimum Gasteiger partial charge on any atom is -0.0760 e. The van der Waals surface area contributed by atoms with E-state index >= 15 is 0 Å². The molecule has 4 aromatic carbocycles. The number of fused-ring (bicyclic) bond motifs is 1. The Balaban J connectivity index is 1.62. The fourth-order valence-corrected chi connectivity index (χ4v) is 17.6. The van der Waals surface area contributed by atoms with Crippen molar-refractivity contribution in [1.82, 2.24) is 0 Å². The van der Waals surface area contributed by atoms with E-state index < -0.39 is 4.44 Å². The fourth-order valence-electron chi connectivity index (χ4n) is 5.16. The van der Waals surface area contributed by atoms with Crippen molar-refractivity contribution in [3.8, 4) is 0 Å². The van der Waals surface area contributed by atoms with E-state index in [4.69, 9.17) is 11.8 Å². The molecule has 0 N–H and O–H groups in total. The van der Waals surface area contributed by atoms with Crippen molar-refractivity contribution in [1.29, 1.82) is 0 Å². The Morgan fingerprint density at radius 2 is 1.14 bits per heavy atom. The zero-order valence-corrected chi connectivity index (χ0v) is 23.6. The highest BCUT2D eigenvalue weighted by Gasteiger charge is 2.57. The van der Waals surface area contributed by atoms with Crippen LogP contribution in [0.5, 0.6) is 0 Å². The van der Waals surface area contributed by atoms with Crippen LogP contribution in [0.25, 0.3) is 9.81 Å². The predicted octanol–water partition coefficient (Wildman–Crippen LogP) is 10.2. The minimum atomic E-state index is -2.11. The summed E-state index contributed by atoms with van der Waals surface area (Å²) in [5.41, 5.74) is 7.73. The van der Waals surface area contributed by atoms with Crippen molar-refractivity contribution < 1.29 is 0 Å². The van der Waals surface area contributed by atoms with Crippen LogP contribution >= 0.6 is 27.2 Å². The van der Waals surface area contributed by atoms with E-state index in [2.05, 4.69) is 135 Å². The van der Waals surface area contributed by atoms with E-state index in [1.807, 2.05) is 22.8 Å². The Morgan fingerprint density at radius 1 is 0.639 bits per heavy atom. The SMILES string of the molecule is Cc1ccc(C2=CC(c3ccccc3)C3(c4ccccc4)C=C(c4ccc(C)cc4)SP3(=S)S2)cc1. The standard InChI is InChI=1S/C32H27PS3/c1-23-13-17-26(18-14-23)30-21-29(25-9-5-3-6-10-25)32(28-11-7-4-8-12-28)22-31(36-33(32,34)35-30)27-19-15-24(2)16-20-27/h3-22,29H,1-2H3. The fraction of sp³-hybridized carbons (Fsp3) is 0.125. The molecule has 2 aliphatic rings. The van der Waals surface area contributed by atoms with Crippen LogP contribution in [-0.4, -0.2) is 0 Å². The first-order valence-corrected chi connectivity index (χ1v) is 17.8. The van der Waals surface area contributed by atoms with Crippen molar-refractivity contribution in [2.45, 2.75) is 24.9 Å². The lowest BCUT2D eigenvalue weighted by atomic mass is 9.79. The Labute approximate surface area is 227 Å². The number of allylic oxidation sites excluding steroid dienone is 2. The summed E-state index contributed by atoms with van der Waals surface area (Å²) in [6.07, 6.45) is 5.03. The average Bonchev–Trinajstić information content (AvgIpc) is 3.24. The molecule has 2 heterocycles. The highest BCUT2D eigenvalue weighted by molar-refractivity contribution is 9.04. The van der Waals surface area contributed by atoms with Crippen LogP contribution in [0, 0.1) is 13.8 Å². The normalized spacial score (nSPS) is 25.1. The molecule has 178 valence electrons. The third-order valence-electron chi connectivity index (χ3n) is 7.10.